The minimum absolute atomic E-state index is 0.0319. The number of piperidine rings is 1. The van der Waals surface area contributed by atoms with E-state index < -0.39 is 0 Å². The minimum Gasteiger partial charge on any atom is -0.393 e. The van der Waals surface area contributed by atoms with E-state index >= 15 is 0 Å². The lowest BCUT2D eigenvalue weighted by molar-refractivity contribution is -0.140. The zero-order chi connectivity index (χ0) is 20.9. The van der Waals surface area contributed by atoms with Gasteiger partial charge in [-0.2, -0.15) is 0 Å². The minimum atomic E-state index is -0.0320. The lowest BCUT2D eigenvalue weighted by Gasteiger charge is -2.61. The molecule has 12 atom stereocenters. The third-order valence-electron chi connectivity index (χ3n) is 12.1. The molecule has 6 aliphatic rings. The molecule has 0 aromatic carbocycles. The number of aliphatic hydroxyl groups is 1. The lowest BCUT2D eigenvalue weighted by atomic mass is 9.44. The molecule has 0 amide bonds. The molecule has 2 heterocycles. The molecule has 4 saturated carbocycles. The Bertz CT molecular complexity index is 686. The Morgan fingerprint density at radius 3 is 2.43 bits per heavy atom. The zero-order valence-corrected chi connectivity index (χ0v) is 19.8. The van der Waals surface area contributed by atoms with E-state index in [1.54, 1.807) is 0 Å². The second-order valence-corrected chi connectivity index (χ2v) is 13.3. The first-order valence-electron chi connectivity index (χ1n) is 13.4. The van der Waals surface area contributed by atoms with Crippen LogP contribution < -0.4 is 5.32 Å². The van der Waals surface area contributed by atoms with Gasteiger partial charge >= 0.3 is 0 Å². The summed E-state index contributed by atoms with van der Waals surface area (Å²) in [6, 6.07) is 0. The molecule has 2 aliphatic heterocycles. The molecule has 3 nitrogen and oxygen atoms in total. The topological polar surface area (TPSA) is 41.5 Å². The Labute approximate surface area is 184 Å². The number of nitrogens with one attached hydrogen (secondary N) is 1. The maximum atomic E-state index is 10.3. The van der Waals surface area contributed by atoms with Crippen molar-refractivity contribution in [3.05, 3.63) is 0 Å². The molecule has 6 fully saturated rings. The van der Waals surface area contributed by atoms with Gasteiger partial charge in [0, 0.05) is 12.5 Å². The van der Waals surface area contributed by atoms with Crippen molar-refractivity contribution >= 4 is 0 Å². The van der Waals surface area contributed by atoms with Crippen LogP contribution >= 0.6 is 0 Å². The zero-order valence-electron chi connectivity index (χ0n) is 19.8. The molecule has 1 spiro atoms. The maximum absolute atomic E-state index is 10.3. The van der Waals surface area contributed by atoms with Crippen molar-refractivity contribution in [3.8, 4) is 0 Å². The highest BCUT2D eigenvalue weighted by atomic mass is 16.5. The van der Waals surface area contributed by atoms with E-state index in [9.17, 15) is 5.11 Å². The van der Waals surface area contributed by atoms with E-state index in [-0.39, 0.29) is 11.8 Å². The predicted octanol–water partition coefficient (Wildman–Crippen LogP) is 5.37. The fourth-order valence-electron chi connectivity index (χ4n) is 10.4. The van der Waals surface area contributed by atoms with Gasteiger partial charge in [0.15, 0.2) is 0 Å². The average molecular weight is 416 g/mol. The number of ether oxygens (including phenoxy) is 1. The van der Waals surface area contributed by atoms with Crippen molar-refractivity contribution in [2.75, 3.05) is 6.54 Å². The van der Waals surface area contributed by atoms with Crippen molar-refractivity contribution < 1.29 is 9.84 Å². The van der Waals surface area contributed by atoms with Crippen LogP contribution in [0, 0.1) is 52.3 Å². The summed E-state index contributed by atoms with van der Waals surface area (Å²) in [6.07, 6.45) is 13.2. The highest BCUT2D eigenvalue weighted by molar-refractivity contribution is 5.16. The summed E-state index contributed by atoms with van der Waals surface area (Å²) in [4.78, 5) is 0. The molecule has 2 N–H and O–H groups in total. The number of rotatable bonds is 0. The van der Waals surface area contributed by atoms with Crippen molar-refractivity contribution in [1.82, 2.24) is 5.32 Å². The standard InChI is InChI=1S/C27H45NO2/c1-16-7-12-27(28-15-16)17(2)24-23(30-27)14-22-20-6-5-18-13-19(29)8-10-25(18,3)21(20)9-11-26(22,24)4/h16-24,28-29H,5-15H2,1-4H3/t16?,17-,18?,19-,20?,21?,22?,23?,24?,25-,26-,27?/m0/s1. The second-order valence-electron chi connectivity index (χ2n) is 13.3. The molecule has 0 aromatic rings. The first-order chi connectivity index (χ1) is 14.3. The highest BCUT2D eigenvalue weighted by Gasteiger charge is 2.68. The van der Waals surface area contributed by atoms with Crippen LogP contribution in [0.2, 0.25) is 0 Å². The first-order valence-corrected chi connectivity index (χ1v) is 13.4. The summed E-state index contributed by atoms with van der Waals surface area (Å²) in [7, 11) is 0. The third kappa shape index (κ3) is 2.61. The first kappa shape index (κ1) is 20.5. The van der Waals surface area contributed by atoms with Crippen molar-refractivity contribution in [2.24, 2.45) is 52.3 Å². The van der Waals surface area contributed by atoms with Gasteiger partial charge in [-0.25, -0.2) is 0 Å². The normalized spacial score (nSPS) is 62.5. The molecule has 4 aliphatic carbocycles. The summed E-state index contributed by atoms with van der Waals surface area (Å²) in [5.41, 5.74) is 0.919. The van der Waals surface area contributed by atoms with Crippen LogP contribution in [-0.4, -0.2) is 29.6 Å². The summed E-state index contributed by atoms with van der Waals surface area (Å²) in [6.45, 7) is 11.3. The van der Waals surface area contributed by atoms with E-state index in [2.05, 4.69) is 33.0 Å². The van der Waals surface area contributed by atoms with Gasteiger partial charge in [-0.15, -0.1) is 0 Å². The van der Waals surface area contributed by atoms with Gasteiger partial charge < -0.3 is 9.84 Å². The predicted molar refractivity (Wildman–Crippen MR) is 120 cm³/mol. The Balaban J connectivity index is 1.26. The molecule has 170 valence electrons. The van der Waals surface area contributed by atoms with Crippen LogP contribution in [0.3, 0.4) is 0 Å². The quantitative estimate of drug-likeness (QED) is 0.559. The van der Waals surface area contributed by atoms with Crippen LogP contribution in [0.25, 0.3) is 0 Å². The van der Waals surface area contributed by atoms with Crippen molar-refractivity contribution in [2.45, 2.75) is 110 Å². The van der Waals surface area contributed by atoms with Crippen molar-refractivity contribution in [1.29, 1.82) is 0 Å². The van der Waals surface area contributed by atoms with Crippen LogP contribution in [0.1, 0.15) is 91.9 Å². The molecule has 30 heavy (non-hydrogen) atoms. The summed E-state index contributed by atoms with van der Waals surface area (Å²) in [5, 5.41) is 14.2. The van der Waals surface area contributed by atoms with Crippen LogP contribution in [0.5, 0.6) is 0 Å². The molecule has 3 heteroatoms. The van der Waals surface area contributed by atoms with Crippen molar-refractivity contribution in [3.63, 3.8) is 0 Å². The number of hydrogen-bond donors (Lipinski definition) is 2. The average Bonchev–Trinajstić information content (AvgIpc) is 3.16. The van der Waals surface area contributed by atoms with Gasteiger partial charge in [0.1, 0.15) is 5.72 Å². The summed E-state index contributed by atoms with van der Waals surface area (Å²) in [5.74, 6) is 5.57. The van der Waals surface area contributed by atoms with Gasteiger partial charge in [0.25, 0.3) is 0 Å². The number of fused-ring (bicyclic) bond motifs is 7. The van der Waals surface area contributed by atoms with Gasteiger partial charge in [0.2, 0.25) is 0 Å². The molecular weight excluding hydrogens is 370 g/mol. The van der Waals surface area contributed by atoms with Crippen LogP contribution in [-0.2, 0) is 4.74 Å². The number of aliphatic hydroxyl groups excluding tert-OH is 1. The van der Waals surface area contributed by atoms with E-state index in [0.29, 0.717) is 22.9 Å². The molecule has 2 saturated heterocycles. The Kier molecular flexibility index (Phi) is 4.58. The number of hydrogen-bond acceptors (Lipinski definition) is 3. The maximum Gasteiger partial charge on any atom is 0.122 e. The molecule has 0 aromatic heterocycles. The highest BCUT2D eigenvalue weighted by Crippen LogP contribution is 2.71. The van der Waals surface area contributed by atoms with E-state index in [1.165, 1.54) is 51.4 Å². The SMILES string of the molecule is CC1CCC2(NC1)OC1CC3C4CCC5C[C@@H](O)CC[C@]5(C)C4CC[C@]3(C)C1[C@@H]2C. The monoisotopic (exact) mass is 415 g/mol. The molecule has 0 radical (unpaired) electrons. The second kappa shape index (κ2) is 6.70. The van der Waals surface area contributed by atoms with Crippen LogP contribution in [0.4, 0.5) is 0 Å². The van der Waals surface area contributed by atoms with E-state index in [4.69, 9.17) is 4.74 Å². The largest absolute Gasteiger partial charge is 0.393 e. The Morgan fingerprint density at radius 2 is 1.67 bits per heavy atom. The van der Waals surface area contributed by atoms with Crippen LogP contribution in [0.15, 0.2) is 0 Å². The third-order valence-corrected chi connectivity index (χ3v) is 12.1. The molecular formula is C27H45NO2. The molecule has 0 bridgehead atoms. The Morgan fingerprint density at radius 1 is 0.867 bits per heavy atom. The van der Waals surface area contributed by atoms with E-state index in [0.717, 1.165) is 54.9 Å². The van der Waals surface area contributed by atoms with Gasteiger partial charge in [-0.1, -0.05) is 27.7 Å². The van der Waals surface area contributed by atoms with E-state index in [1.807, 2.05) is 0 Å². The lowest BCUT2D eigenvalue weighted by Crippen LogP contribution is -2.57. The summed E-state index contributed by atoms with van der Waals surface area (Å²) >= 11 is 0. The smallest absolute Gasteiger partial charge is 0.122 e. The van der Waals surface area contributed by atoms with Gasteiger partial charge in [-0.05, 0) is 111 Å². The fraction of sp³-hybridized carbons (Fsp3) is 1.00. The Hall–Kier alpha value is -0.120. The summed E-state index contributed by atoms with van der Waals surface area (Å²) < 4.78 is 7.01. The van der Waals surface area contributed by atoms with Gasteiger partial charge in [-0.3, -0.25) is 5.32 Å². The molecule has 8 unspecified atom stereocenters. The molecule has 6 rings (SSSR count). The fourth-order valence-corrected chi connectivity index (χ4v) is 10.4. The van der Waals surface area contributed by atoms with Gasteiger partial charge in [0.05, 0.1) is 12.2 Å².